The van der Waals surface area contributed by atoms with Crippen molar-refractivity contribution in [2.45, 2.75) is 30.7 Å². The summed E-state index contributed by atoms with van der Waals surface area (Å²) in [5, 5.41) is 58.4. The van der Waals surface area contributed by atoms with Gasteiger partial charge in [-0.2, -0.15) is 0 Å². The largest absolute Gasteiger partial charge is 0.508 e. The molecule has 0 saturated carbocycles. The Hall–Kier alpha value is -2.82. The molecule has 0 bridgehead atoms. The van der Waals surface area contributed by atoms with Gasteiger partial charge in [0.15, 0.2) is 11.5 Å². The molecular weight excluding hydrogens is 396 g/mol. The first-order chi connectivity index (χ1) is 14.3. The standard InChI is InChI=1S/C21H24O9/c1-28-15-5-4-11(2-3-12-6-13(23)9-14(24)7-12)8-16(15)29-21-20(27)19(26)18(25)17(10-22)30-21/h2-9,17-27H,10H2,1H3/b3-2+/t17-,18+,19+,20-,21+/m1/s1. The van der Waals surface area contributed by atoms with Crippen LogP contribution in [0.4, 0.5) is 0 Å². The van der Waals surface area contributed by atoms with E-state index < -0.39 is 37.3 Å². The van der Waals surface area contributed by atoms with Crippen molar-refractivity contribution in [1.82, 2.24) is 0 Å². The molecule has 0 amide bonds. The molecule has 0 spiro atoms. The second kappa shape index (κ2) is 9.33. The lowest BCUT2D eigenvalue weighted by Gasteiger charge is -2.39. The zero-order chi connectivity index (χ0) is 21.8. The summed E-state index contributed by atoms with van der Waals surface area (Å²) >= 11 is 0. The van der Waals surface area contributed by atoms with Crippen molar-refractivity contribution in [3.8, 4) is 23.0 Å². The number of aromatic hydroxyl groups is 2. The topological polar surface area (TPSA) is 149 Å². The minimum atomic E-state index is -1.56. The molecule has 1 aliphatic heterocycles. The van der Waals surface area contributed by atoms with Crippen LogP contribution in [0.25, 0.3) is 12.2 Å². The molecule has 6 N–H and O–H groups in total. The monoisotopic (exact) mass is 420 g/mol. The normalized spacial score (nSPS) is 26.6. The number of hydrogen-bond acceptors (Lipinski definition) is 9. The van der Waals surface area contributed by atoms with Crippen molar-refractivity contribution in [2.75, 3.05) is 13.7 Å². The number of methoxy groups -OCH3 is 1. The zero-order valence-corrected chi connectivity index (χ0v) is 16.1. The van der Waals surface area contributed by atoms with Gasteiger partial charge >= 0.3 is 0 Å². The maximum Gasteiger partial charge on any atom is 0.229 e. The molecule has 9 nitrogen and oxygen atoms in total. The molecule has 1 saturated heterocycles. The van der Waals surface area contributed by atoms with Gasteiger partial charge < -0.3 is 44.8 Å². The Kier molecular flexibility index (Phi) is 6.80. The summed E-state index contributed by atoms with van der Waals surface area (Å²) in [5.41, 5.74) is 1.23. The van der Waals surface area contributed by atoms with Gasteiger partial charge in [0, 0.05) is 6.07 Å². The number of phenolic OH excluding ortho intramolecular Hbond substituents is 2. The summed E-state index contributed by atoms with van der Waals surface area (Å²) in [5.74, 6) is 0.383. The van der Waals surface area contributed by atoms with Crippen LogP contribution in [-0.2, 0) is 4.74 Å². The van der Waals surface area contributed by atoms with Crippen LogP contribution in [0.1, 0.15) is 11.1 Å². The molecular formula is C21H24O9. The van der Waals surface area contributed by atoms with Gasteiger partial charge in [0.25, 0.3) is 0 Å². The van der Waals surface area contributed by atoms with Crippen molar-refractivity contribution >= 4 is 12.2 Å². The van der Waals surface area contributed by atoms with Crippen LogP contribution in [0, 0.1) is 0 Å². The third-order valence-electron chi connectivity index (χ3n) is 4.67. The fraction of sp³-hybridized carbons (Fsp3) is 0.333. The number of hydrogen-bond donors (Lipinski definition) is 6. The molecule has 0 aliphatic carbocycles. The number of aliphatic hydroxyl groups is 4. The van der Waals surface area contributed by atoms with E-state index in [0.29, 0.717) is 16.9 Å². The number of aliphatic hydroxyl groups excluding tert-OH is 4. The number of benzene rings is 2. The summed E-state index contributed by atoms with van der Waals surface area (Å²) in [4.78, 5) is 0. The lowest BCUT2D eigenvalue weighted by atomic mass is 9.99. The van der Waals surface area contributed by atoms with Gasteiger partial charge in [-0.15, -0.1) is 0 Å². The van der Waals surface area contributed by atoms with Crippen molar-refractivity contribution < 1.29 is 44.8 Å². The molecule has 5 atom stereocenters. The van der Waals surface area contributed by atoms with Crippen molar-refractivity contribution in [3.63, 3.8) is 0 Å². The molecule has 0 unspecified atom stereocenters. The second-order valence-electron chi connectivity index (χ2n) is 6.84. The van der Waals surface area contributed by atoms with Gasteiger partial charge in [0.1, 0.15) is 35.9 Å². The van der Waals surface area contributed by atoms with Gasteiger partial charge in [-0.3, -0.25) is 0 Å². The third kappa shape index (κ3) is 4.84. The number of ether oxygens (including phenoxy) is 3. The van der Waals surface area contributed by atoms with E-state index in [4.69, 9.17) is 14.2 Å². The minimum Gasteiger partial charge on any atom is -0.508 e. The van der Waals surface area contributed by atoms with E-state index in [0.717, 1.165) is 0 Å². The average molecular weight is 420 g/mol. The molecule has 9 heteroatoms. The highest BCUT2D eigenvalue weighted by molar-refractivity contribution is 5.72. The highest BCUT2D eigenvalue weighted by Gasteiger charge is 2.44. The molecule has 1 aliphatic rings. The molecule has 0 radical (unpaired) electrons. The average Bonchev–Trinajstić information content (AvgIpc) is 2.72. The minimum absolute atomic E-state index is 0.0731. The summed E-state index contributed by atoms with van der Waals surface area (Å²) in [6, 6.07) is 9.13. The summed E-state index contributed by atoms with van der Waals surface area (Å²) in [7, 11) is 1.43. The highest BCUT2D eigenvalue weighted by Crippen LogP contribution is 2.33. The van der Waals surface area contributed by atoms with E-state index in [1.54, 1.807) is 30.4 Å². The lowest BCUT2D eigenvalue weighted by Crippen LogP contribution is -2.60. The van der Waals surface area contributed by atoms with Crippen LogP contribution in [0.5, 0.6) is 23.0 Å². The molecule has 2 aromatic rings. The van der Waals surface area contributed by atoms with Gasteiger partial charge in [0.05, 0.1) is 13.7 Å². The molecule has 3 rings (SSSR count). The van der Waals surface area contributed by atoms with Gasteiger partial charge in [-0.25, -0.2) is 0 Å². The van der Waals surface area contributed by atoms with Crippen LogP contribution in [0.2, 0.25) is 0 Å². The summed E-state index contributed by atoms with van der Waals surface area (Å²) in [6.45, 7) is -0.568. The Labute approximate surface area is 172 Å². The first kappa shape index (κ1) is 21.9. The first-order valence-electron chi connectivity index (χ1n) is 9.18. The Bertz CT molecular complexity index is 876. The van der Waals surface area contributed by atoms with Gasteiger partial charge in [0.2, 0.25) is 6.29 Å². The Morgan fingerprint density at radius 2 is 1.53 bits per heavy atom. The molecule has 2 aromatic carbocycles. The fourth-order valence-electron chi connectivity index (χ4n) is 3.09. The Morgan fingerprint density at radius 3 is 2.17 bits per heavy atom. The Balaban J connectivity index is 1.83. The maximum atomic E-state index is 10.2. The predicted octanol–water partition coefficient (Wildman–Crippen LogP) is 0.456. The third-order valence-corrected chi connectivity index (χ3v) is 4.67. The van der Waals surface area contributed by atoms with Crippen LogP contribution in [-0.4, -0.2) is 75.1 Å². The first-order valence-corrected chi connectivity index (χ1v) is 9.18. The summed E-state index contributed by atoms with van der Waals surface area (Å²) in [6.07, 6.45) is -3.68. The summed E-state index contributed by atoms with van der Waals surface area (Å²) < 4.78 is 16.3. The van der Waals surface area contributed by atoms with Crippen molar-refractivity contribution in [2.24, 2.45) is 0 Å². The second-order valence-corrected chi connectivity index (χ2v) is 6.84. The SMILES string of the molecule is COc1ccc(/C=C/c2cc(O)cc(O)c2)cc1O[C@H]1O[C@H](CO)[C@H](O)[C@H](O)[C@H]1O. The van der Waals surface area contributed by atoms with Crippen molar-refractivity contribution in [1.29, 1.82) is 0 Å². The van der Waals surface area contributed by atoms with Crippen LogP contribution in [0.15, 0.2) is 36.4 Å². The number of phenols is 2. The fourth-order valence-corrected chi connectivity index (χ4v) is 3.09. The van der Waals surface area contributed by atoms with Crippen LogP contribution < -0.4 is 9.47 Å². The number of rotatable bonds is 6. The van der Waals surface area contributed by atoms with E-state index in [1.165, 1.54) is 25.3 Å². The molecule has 30 heavy (non-hydrogen) atoms. The van der Waals surface area contributed by atoms with E-state index in [9.17, 15) is 30.6 Å². The Morgan fingerprint density at radius 1 is 0.867 bits per heavy atom. The van der Waals surface area contributed by atoms with Gasteiger partial charge in [-0.05, 0) is 35.4 Å². The van der Waals surface area contributed by atoms with Crippen molar-refractivity contribution in [3.05, 3.63) is 47.5 Å². The molecule has 162 valence electrons. The highest BCUT2D eigenvalue weighted by atomic mass is 16.7. The quantitative estimate of drug-likeness (QED) is 0.366. The predicted molar refractivity (Wildman–Crippen MR) is 106 cm³/mol. The maximum absolute atomic E-state index is 10.2. The van der Waals surface area contributed by atoms with Gasteiger partial charge in [-0.1, -0.05) is 18.2 Å². The van der Waals surface area contributed by atoms with E-state index >= 15 is 0 Å². The van der Waals surface area contributed by atoms with Crippen LogP contribution in [0.3, 0.4) is 0 Å². The molecule has 1 fully saturated rings. The van der Waals surface area contributed by atoms with E-state index in [2.05, 4.69) is 0 Å². The molecule has 0 aromatic heterocycles. The smallest absolute Gasteiger partial charge is 0.229 e. The lowest BCUT2D eigenvalue weighted by molar-refractivity contribution is -0.277. The van der Waals surface area contributed by atoms with E-state index in [1.807, 2.05) is 0 Å². The molecule has 1 heterocycles. The zero-order valence-electron chi connectivity index (χ0n) is 16.1. The van der Waals surface area contributed by atoms with E-state index in [-0.39, 0.29) is 17.2 Å². The van der Waals surface area contributed by atoms with Crippen LogP contribution >= 0.6 is 0 Å².